The Morgan fingerprint density at radius 1 is 1.28 bits per heavy atom. The molecule has 0 unspecified atom stereocenters. The summed E-state index contributed by atoms with van der Waals surface area (Å²) in [7, 11) is 0. The average molecular weight is 354 g/mol. The van der Waals surface area contributed by atoms with E-state index < -0.39 is 0 Å². The van der Waals surface area contributed by atoms with Crippen molar-refractivity contribution in [2.45, 2.75) is 77.4 Å². The second-order valence-electron chi connectivity index (χ2n) is 7.41. The van der Waals surface area contributed by atoms with Crippen LogP contribution in [-0.2, 0) is 14.3 Å². The minimum atomic E-state index is -0.373. The van der Waals surface area contributed by atoms with Crippen LogP contribution in [0.3, 0.4) is 0 Å². The van der Waals surface area contributed by atoms with Crippen molar-refractivity contribution in [2.24, 2.45) is 17.8 Å². The number of fused-ring (bicyclic) bond motifs is 2. The van der Waals surface area contributed by atoms with Gasteiger partial charge in [-0.3, -0.25) is 10.0 Å². The zero-order valence-electron chi connectivity index (χ0n) is 15.8. The van der Waals surface area contributed by atoms with Crippen molar-refractivity contribution in [3.63, 3.8) is 0 Å². The highest BCUT2D eigenvalue weighted by molar-refractivity contribution is 5.76. The maximum absolute atomic E-state index is 11.2. The number of rotatable bonds is 12. The van der Waals surface area contributed by atoms with E-state index in [4.69, 9.17) is 14.7 Å². The Balaban J connectivity index is 1.85. The van der Waals surface area contributed by atoms with Crippen LogP contribution in [0.2, 0.25) is 0 Å². The van der Waals surface area contributed by atoms with Crippen LogP contribution in [-0.4, -0.2) is 36.5 Å². The first kappa shape index (κ1) is 20.4. The van der Waals surface area contributed by atoms with E-state index in [2.05, 4.69) is 19.9 Å². The molecule has 0 aromatic carbocycles. The Hall–Kier alpha value is -0.910. The van der Waals surface area contributed by atoms with Gasteiger partial charge in [0, 0.05) is 18.9 Å². The summed E-state index contributed by atoms with van der Waals surface area (Å²) in [5.41, 5.74) is 1.68. The molecule has 2 fully saturated rings. The molecule has 1 amide bonds. The molecule has 25 heavy (non-hydrogen) atoms. The fourth-order valence-corrected chi connectivity index (χ4v) is 4.40. The van der Waals surface area contributed by atoms with Crippen molar-refractivity contribution in [1.82, 2.24) is 5.48 Å². The number of amides is 1. The Morgan fingerprint density at radius 3 is 2.80 bits per heavy atom. The second kappa shape index (κ2) is 10.9. The van der Waals surface area contributed by atoms with E-state index in [9.17, 15) is 4.79 Å². The quantitative estimate of drug-likeness (QED) is 0.242. The molecule has 0 spiro atoms. The molecule has 2 saturated heterocycles. The number of nitrogens with one attached hydrogen (secondary N) is 1. The fraction of sp³-hybridized carbons (Fsp3) is 0.850. The number of ether oxygens (including phenoxy) is 2. The van der Waals surface area contributed by atoms with Crippen molar-refractivity contribution in [3.05, 3.63) is 12.2 Å². The predicted octanol–water partition coefficient (Wildman–Crippen LogP) is 3.85. The topological polar surface area (TPSA) is 67.8 Å². The van der Waals surface area contributed by atoms with Gasteiger partial charge in [0.2, 0.25) is 5.91 Å². The summed E-state index contributed by atoms with van der Waals surface area (Å²) in [6.45, 7) is 6.06. The molecule has 144 valence electrons. The molecule has 5 heteroatoms. The third-order valence-electron chi connectivity index (χ3n) is 5.72. The van der Waals surface area contributed by atoms with Crippen molar-refractivity contribution >= 4 is 5.91 Å². The Kier molecular flexibility index (Phi) is 8.93. The number of hydrogen-bond acceptors (Lipinski definition) is 4. The van der Waals surface area contributed by atoms with Gasteiger partial charge in [0.25, 0.3) is 0 Å². The number of carbonyl (C=O) groups is 1. The first-order valence-electron chi connectivity index (χ1n) is 10.0. The maximum Gasteiger partial charge on any atom is 0.247 e. The Bertz CT molecular complexity index is 426. The molecule has 2 rings (SSSR count). The third-order valence-corrected chi connectivity index (χ3v) is 5.72. The van der Waals surface area contributed by atoms with E-state index in [1.54, 1.807) is 5.48 Å². The number of allylic oxidation sites excluding steroid dienone is 1. The highest BCUT2D eigenvalue weighted by Crippen LogP contribution is 2.48. The van der Waals surface area contributed by atoms with Gasteiger partial charge in [-0.1, -0.05) is 45.3 Å². The van der Waals surface area contributed by atoms with E-state index in [-0.39, 0.29) is 12.3 Å². The van der Waals surface area contributed by atoms with Crippen LogP contribution in [0.15, 0.2) is 12.2 Å². The summed E-state index contributed by atoms with van der Waals surface area (Å²) < 4.78 is 12.2. The molecule has 0 aromatic rings. The van der Waals surface area contributed by atoms with Gasteiger partial charge in [-0.2, -0.15) is 0 Å². The van der Waals surface area contributed by atoms with E-state index >= 15 is 0 Å². The van der Waals surface area contributed by atoms with Gasteiger partial charge >= 0.3 is 0 Å². The molecule has 2 heterocycles. The molecule has 0 saturated carbocycles. The molecule has 2 aliphatic rings. The lowest BCUT2D eigenvalue weighted by molar-refractivity contribution is -0.128. The first-order chi connectivity index (χ1) is 12.2. The molecule has 2 aliphatic heterocycles. The molecular formula is C20H35NO4. The lowest BCUT2D eigenvalue weighted by Crippen LogP contribution is -2.35. The predicted molar refractivity (Wildman–Crippen MR) is 97.3 cm³/mol. The molecule has 5 nitrogen and oxygen atoms in total. The van der Waals surface area contributed by atoms with Crippen LogP contribution in [0.25, 0.3) is 0 Å². The minimum Gasteiger partial charge on any atom is -0.381 e. The van der Waals surface area contributed by atoms with Gasteiger partial charge in [0.15, 0.2) is 0 Å². The van der Waals surface area contributed by atoms with Crippen LogP contribution in [0.1, 0.15) is 65.2 Å². The number of hydroxylamine groups is 1. The Labute approximate surface area is 152 Å². The zero-order valence-corrected chi connectivity index (χ0v) is 15.8. The minimum absolute atomic E-state index is 0.216. The summed E-state index contributed by atoms with van der Waals surface area (Å²) in [6, 6.07) is 0. The highest BCUT2D eigenvalue weighted by Gasteiger charge is 2.50. The number of carbonyl (C=O) groups excluding carboxylic acids is 1. The number of hydrogen-bond donors (Lipinski definition) is 2. The average Bonchev–Trinajstić information content (AvgIpc) is 3.23. The Morgan fingerprint density at radius 2 is 2.08 bits per heavy atom. The normalized spacial score (nSPS) is 29.4. The van der Waals surface area contributed by atoms with E-state index in [0.717, 1.165) is 38.9 Å². The van der Waals surface area contributed by atoms with Crippen molar-refractivity contribution in [3.8, 4) is 0 Å². The SMILES string of the molecule is CCCCCCOC[C@@H]1[C@@H]([C@H](C=CCC(=O)NO)CC)[C@@H]2CC[C@H]1O2. The van der Waals surface area contributed by atoms with Crippen molar-refractivity contribution in [2.75, 3.05) is 13.2 Å². The molecule has 0 aromatic heterocycles. The van der Waals surface area contributed by atoms with Crippen LogP contribution >= 0.6 is 0 Å². The fourth-order valence-electron chi connectivity index (χ4n) is 4.40. The van der Waals surface area contributed by atoms with Crippen molar-refractivity contribution < 1.29 is 19.5 Å². The first-order valence-corrected chi connectivity index (χ1v) is 10.0. The molecule has 2 N–H and O–H groups in total. The summed E-state index contributed by atoms with van der Waals surface area (Å²) in [4.78, 5) is 11.2. The smallest absolute Gasteiger partial charge is 0.247 e. The van der Waals surface area contributed by atoms with Gasteiger partial charge in [0.05, 0.1) is 18.8 Å². The summed E-state index contributed by atoms with van der Waals surface area (Å²) in [5.74, 6) is 0.969. The summed E-state index contributed by atoms with van der Waals surface area (Å²) in [5, 5.41) is 8.60. The highest BCUT2D eigenvalue weighted by atomic mass is 16.5. The van der Waals surface area contributed by atoms with E-state index in [1.807, 2.05) is 6.08 Å². The van der Waals surface area contributed by atoms with E-state index in [0.29, 0.717) is 30.0 Å². The molecule has 2 bridgehead atoms. The lowest BCUT2D eigenvalue weighted by Gasteiger charge is -2.32. The van der Waals surface area contributed by atoms with Gasteiger partial charge < -0.3 is 9.47 Å². The van der Waals surface area contributed by atoms with E-state index in [1.165, 1.54) is 19.3 Å². The largest absolute Gasteiger partial charge is 0.381 e. The van der Waals surface area contributed by atoms with Crippen LogP contribution in [0.5, 0.6) is 0 Å². The summed E-state index contributed by atoms with van der Waals surface area (Å²) in [6.07, 6.45) is 13.2. The van der Waals surface area contributed by atoms with Gasteiger partial charge in [-0.25, -0.2) is 5.48 Å². The van der Waals surface area contributed by atoms with Gasteiger partial charge in [-0.15, -0.1) is 0 Å². The second-order valence-corrected chi connectivity index (χ2v) is 7.41. The van der Waals surface area contributed by atoms with Crippen molar-refractivity contribution in [1.29, 1.82) is 0 Å². The monoisotopic (exact) mass is 353 g/mol. The van der Waals surface area contributed by atoms with Crippen LogP contribution < -0.4 is 5.48 Å². The zero-order chi connectivity index (χ0) is 18.1. The lowest BCUT2D eigenvalue weighted by atomic mass is 9.71. The molecular weight excluding hydrogens is 318 g/mol. The number of unbranched alkanes of at least 4 members (excludes halogenated alkanes) is 3. The summed E-state index contributed by atoms with van der Waals surface area (Å²) >= 11 is 0. The molecule has 5 atom stereocenters. The van der Waals surface area contributed by atoms with Crippen LogP contribution in [0, 0.1) is 17.8 Å². The molecule has 0 radical (unpaired) electrons. The molecule has 0 aliphatic carbocycles. The third kappa shape index (κ3) is 5.80. The van der Waals surface area contributed by atoms with Crippen LogP contribution in [0.4, 0.5) is 0 Å². The van der Waals surface area contributed by atoms with Gasteiger partial charge in [-0.05, 0) is 37.5 Å². The van der Waals surface area contributed by atoms with Gasteiger partial charge in [0.1, 0.15) is 0 Å². The standard InChI is InChI=1S/C20H35NO4/c1-3-5-6-7-13-24-14-16-17-11-12-18(25-17)20(16)15(4-2)9-8-10-19(22)21-23/h8-9,15-18,20,23H,3-7,10-14H2,1-2H3,(H,21,22)/t15-,16-,17+,18-,20+/m0/s1. The maximum atomic E-state index is 11.2.